The lowest BCUT2D eigenvalue weighted by Gasteiger charge is -2.12. The summed E-state index contributed by atoms with van der Waals surface area (Å²) in [5, 5.41) is 3.89. The van der Waals surface area contributed by atoms with Crippen LogP contribution < -0.4 is 0 Å². The Hall–Kier alpha value is -2.04. The van der Waals surface area contributed by atoms with E-state index in [0.717, 1.165) is 5.56 Å². The second kappa shape index (κ2) is 5.08. The van der Waals surface area contributed by atoms with Crippen molar-refractivity contribution < 1.29 is 9.32 Å². The first-order chi connectivity index (χ1) is 8.59. The van der Waals surface area contributed by atoms with Crippen LogP contribution in [0.15, 0.2) is 29.0 Å². The molecular formula is C13H15N3O2. The molecule has 0 radical (unpaired) electrons. The van der Waals surface area contributed by atoms with Gasteiger partial charge in [0.2, 0.25) is 11.7 Å². The largest absolute Gasteiger partial charge is 0.338 e. The fourth-order valence-electron chi connectivity index (χ4n) is 1.90. The van der Waals surface area contributed by atoms with Crippen molar-refractivity contribution in [3.63, 3.8) is 0 Å². The Morgan fingerprint density at radius 2 is 2.17 bits per heavy atom. The number of aromatic nitrogens is 3. The molecule has 0 aliphatic heterocycles. The molecule has 0 N–H and O–H groups in total. The first kappa shape index (κ1) is 12.4. The third-order valence-electron chi connectivity index (χ3n) is 2.73. The van der Waals surface area contributed by atoms with Crippen LogP contribution in [0.4, 0.5) is 0 Å². The SMILES string of the molecule is CC(=O)C(c1nc(-c2cccnc2)no1)C(C)C. The van der Waals surface area contributed by atoms with Gasteiger partial charge in [0.1, 0.15) is 5.78 Å². The molecule has 2 rings (SSSR count). The van der Waals surface area contributed by atoms with E-state index in [2.05, 4.69) is 15.1 Å². The van der Waals surface area contributed by atoms with Crippen molar-refractivity contribution in [2.24, 2.45) is 5.92 Å². The first-order valence-electron chi connectivity index (χ1n) is 5.84. The Labute approximate surface area is 105 Å². The van der Waals surface area contributed by atoms with Gasteiger partial charge in [-0.3, -0.25) is 9.78 Å². The van der Waals surface area contributed by atoms with Crippen LogP contribution in [0.3, 0.4) is 0 Å². The van der Waals surface area contributed by atoms with E-state index in [0.29, 0.717) is 11.7 Å². The molecule has 0 amide bonds. The summed E-state index contributed by atoms with van der Waals surface area (Å²) in [6, 6.07) is 3.65. The first-order valence-corrected chi connectivity index (χ1v) is 5.84. The zero-order valence-corrected chi connectivity index (χ0v) is 10.6. The van der Waals surface area contributed by atoms with Crippen molar-refractivity contribution in [3.05, 3.63) is 30.4 Å². The molecule has 0 spiro atoms. The maximum absolute atomic E-state index is 11.6. The summed E-state index contributed by atoms with van der Waals surface area (Å²) in [5.41, 5.74) is 0.776. The number of hydrogen-bond donors (Lipinski definition) is 0. The maximum Gasteiger partial charge on any atom is 0.237 e. The van der Waals surface area contributed by atoms with E-state index >= 15 is 0 Å². The Kier molecular flexibility index (Phi) is 3.50. The summed E-state index contributed by atoms with van der Waals surface area (Å²) < 4.78 is 5.19. The van der Waals surface area contributed by atoms with E-state index in [1.165, 1.54) is 0 Å². The minimum Gasteiger partial charge on any atom is -0.338 e. The van der Waals surface area contributed by atoms with Gasteiger partial charge >= 0.3 is 0 Å². The van der Waals surface area contributed by atoms with Gasteiger partial charge in [0.15, 0.2) is 0 Å². The number of Topliss-reactive ketones (excluding diaryl/α,β-unsaturated/α-hetero) is 1. The molecule has 2 heterocycles. The molecule has 0 aliphatic carbocycles. The lowest BCUT2D eigenvalue weighted by atomic mass is 9.92. The number of ketones is 1. The van der Waals surface area contributed by atoms with Crippen molar-refractivity contribution in [2.45, 2.75) is 26.7 Å². The highest BCUT2D eigenvalue weighted by Gasteiger charge is 2.27. The van der Waals surface area contributed by atoms with Crippen LogP contribution in [0.1, 0.15) is 32.6 Å². The van der Waals surface area contributed by atoms with E-state index in [4.69, 9.17) is 4.52 Å². The number of rotatable bonds is 4. The van der Waals surface area contributed by atoms with Crippen LogP contribution in [0.5, 0.6) is 0 Å². The van der Waals surface area contributed by atoms with Crippen LogP contribution in [-0.4, -0.2) is 20.9 Å². The molecule has 5 nitrogen and oxygen atoms in total. The number of pyridine rings is 1. The summed E-state index contributed by atoms with van der Waals surface area (Å²) in [4.78, 5) is 19.9. The normalized spacial score (nSPS) is 12.7. The van der Waals surface area contributed by atoms with Crippen molar-refractivity contribution in [1.29, 1.82) is 0 Å². The fraction of sp³-hybridized carbons (Fsp3) is 0.385. The number of hydrogen-bond acceptors (Lipinski definition) is 5. The van der Waals surface area contributed by atoms with Gasteiger partial charge < -0.3 is 4.52 Å². The topological polar surface area (TPSA) is 68.9 Å². The standard InChI is InChI=1S/C13H15N3O2/c1-8(2)11(9(3)17)13-15-12(16-18-13)10-5-4-6-14-7-10/h4-8,11H,1-3H3. The van der Waals surface area contributed by atoms with Gasteiger partial charge in [-0.25, -0.2) is 0 Å². The average Bonchev–Trinajstić information content (AvgIpc) is 2.78. The quantitative estimate of drug-likeness (QED) is 0.827. The monoisotopic (exact) mass is 245 g/mol. The Balaban J connectivity index is 2.33. The van der Waals surface area contributed by atoms with Gasteiger partial charge in [-0.05, 0) is 25.0 Å². The smallest absolute Gasteiger partial charge is 0.237 e. The minimum absolute atomic E-state index is 0.0337. The Bertz CT molecular complexity index is 534. The van der Waals surface area contributed by atoms with Gasteiger partial charge in [-0.2, -0.15) is 4.98 Å². The van der Waals surface area contributed by atoms with Crippen LogP contribution in [0.25, 0.3) is 11.4 Å². The molecule has 2 aromatic rings. The van der Waals surface area contributed by atoms with Gasteiger partial charge in [-0.1, -0.05) is 19.0 Å². The number of nitrogens with zero attached hydrogens (tertiary/aromatic N) is 3. The highest BCUT2D eigenvalue weighted by atomic mass is 16.5. The van der Waals surface area contributed by atoms with E-state index < -0.39 is 0 Å². The molecule has 2 aromatic heterocycles. The summed E-state index contributed by atoms with van der Waals surface area (Å²) in [6.45, 7) is 5.46. The van der Waals surface area contributed by atoms with Crippen molar-refractivity contribution >= 4 is 5.78 Å². The summed E-state index contributed by atoms with van der Waals surface area (Å²) in [6.07, 6.45) is 3.34. The third kappa shape index (κ3) is 2.45. The molecule has 18 heavy (non-hydrogen) atoms. The lowest BCUT2D eigenvalue weighted by molar-refractivity contribution is -0.119. The van der Waals surface area contributed by atoms with E-state index in [1.807, 2.05) is 19.9 Å². The molecule has 1 unspecified atom stereocenters. The highest BCUT2D eigenvalue weighted by Crippen LogP contribution is 2.25. The number of carbonyl (C=O) groups is 1. The lowest BCUT2D eigenvalue weighted by Crippen LogP contribution is -2.15. The van der Waals surface area contributed by atoms with Gasteiger partial charge in [-0.15, -0.1) is 0 Å². The number of carbonyl (C=O) groups excluding carboxylic acids is 1. The molecule has 0 aliphatic rings. The zero-order valence-electron chi connectivity index (χ0n) is 10.6. The minimum atomic E-state index is -0.345. The van der Waals surface area contributed by atoms with Crippen molar-refractivity contribution in [3.8, 4) is 11.4 Å². The summed E-state index contributed by atoms with van der Waals surface area (Å²) in [7, 11) is 0. The van der Waals surface area contributed by atoms with Gasteiger partial charge in [0.05, 0.1) is 5.92 Å². The molecule has 0 saturated carbocycles. The maximum atomic E-state index is 11.6. The molecule has 0 fully saturated rings. The van der Waals surface area contributed by atoms with Crippen molar-refractivity contribution in [1.82, 2.24) is 15.1 Å². The third-order valence-corrected chi connectivity index (χ3v) is 2.73. The molecular weight excluding hydrogens is 230 g/mol. The molecule has 94 valence electrons. The van der Waals surface area contributed by atoms with Gasteiger partial charge in [0.25, 0.3) is 0 Å². The van der Waals surface area contributed by atoms with Crippen molar-refractivity contribution in [2.75, 3.05) is 0 Å². The van der Waals surface area contributed by atoms with E-state index in [9.17, 15) is 4.79 Å². The van der Waals surface area contributed by atoms with Crippen LogP contribution in [-0.2, 0) is 4.79 Å². The predicted octanol–water partition coefficient (Wildman–Crippen LogP) is 2.46. The molecule has 0 bridgehead atoms. The summed E-state index contributed by atoms with van der Waals surface area (Å²) >= 11 is 0. The molecule has 0 saturated heterocycles. The second-order valence-corrected chi connectivity index (χ2v) is 4.53. The molecule has 0 aromatic carbocycles. The van der Waals surface area contributed by atoms with Crippen LogP contribution >= 0.6 is 0 Å². The average molecular weight is 245 g/mol. The Morgan fingerprint density at radius 1 is 1.39 bits per heavy atom. The molecule has 5 heteroatoms. The fourth-order valence-corrected chi connectivity index (χ4v) is 1.90. The zero-order chi connectivity index (χ0) is 13.1. The van der Waals surface area contributed by atoms with Crippen LogP contribution in [0, 0.1) is 5.92 Å². The second-order valence-electron chi connectivity index (χ2n) is 4.53. The molecule has 1 atom stereocenters. The highest BCUT2D eigenvalue weighted by molar-refractivity contribution is 5.82. The van der Waals surface area contributed by atoms with Crippen LogP contribution in [0.2, 0.25) is 0 Å². The summed E-state index contributed by atoms with van der Waals surface area (Å²) in [5.74, 6) is 0.653. The van der Waals surface area contributed by atoms with E-state index in [1.54, 1.807) is 25.4 Å². The van der Waals surface area contributed by atoms with E-state index in [-0.39, 0.29) is 17.6 Å². The Morgan fingerprint density at radius 3 is 2.72 bits per heavy atom. The van der Waals surface area contributed by atoms with Gasteiger partial charge in [0, 0.05) is 18.0 Å². The predicted molar refractivity (Wildman–Crippen MR) is 65.8 cm³/mol.